The Bertz CT molecular complexity index is 963. The number of carboxylic acids is 1. The molecule has 1 aromatic carbocycles. The van der Waals surface area contributed by atoms with Crippen molar-refractivity contribution >= 4 is 62.0 Å². The van der Waals surface area contributed by atoms with Crippen LogP contribution in [0.4, 0.5) is 5.82 Å². The molecule has 0 fully saturated rings. The number of aromatic carboxylic acids is 1. The number of nitrogens with two attached hydrogens (primary N) is 1. The second-order valence-electron chi connectivity index (χ2n) is 4.70. The molecular formula is C15H8BrCl2N3O2. The third kappa shape index (κ3) is 2.85. The van der Waals surface area contributed by atoms with Crippen LogP contribution in [0.3, 0.4) is 0 Å². The molecule has 3 aromatic rings. The van der Waals surface area contributed by atoms with E-state index in [2.05, 4.69) is 25.9 Å². The van der Waals surface area contributed by atoms with Crippen LogP contribution in [0.2, 0.25) is 10.0 Å². The summed E-state index contributed by atoms with van der Waals surface area (Å²) in [7, 11) is 0. The molecule has 0 saturated carbocycles. The molecule has 0 bridgehead atoms. The lowest BCUT2D eigenvalue weighted by molar-refractivity contribution is 0.0698. The summed E-state index contributed by atoms with van der Waals surface area (Å²) in [5.41, 5.74) is 6.89. The van der Waals surface area contributed by atoms with Crippen LogP contribution in [0.25, 0.3) is 22.2 Å². The lowest BCUT2D eigenvalue weighted by Crippen LogP contribution is -2.08. The first-order valence-corrected chi connectivity index (χ1v) is 7.87. The Hall–Kier alpha value is -1.89. The van der Waals surface area contributed by atoms with Gasteiger partial charge in [-0.15, -0.1) is 0 Å². The highest BCUT2D eigenvalue weighted by Gasteiger charge is 2.22. The van der Waals surface area contributed by atoms with E-state index in [4.69, 9.17) is 28.9 Å². The molecule has 0 atom stereocenters. The molecular weight excluding hydrogens is 405 g/mol. The molecule has 0 aliphatic carbocycles. The summed E-state index contributed by atoms with van der Waals surface area (Å²) in [4.78, 5) is 19.9. The summed E-state index contributed by atoms with van der Waals surface area (Å²) in [5.74, 6) is -1.32. The number of pyridine rings is 2. The second-order valence-corrected chi connectivity index (χ2v) is 6.46. The molecule has 0 unspecified atom stereocenters. The number of carbonyl (C=O) groups is 1. The molecule has 2 heterocycles. The van der Waals surface area contributed by atoms with Crippen molar-refractivity contribution in [1.82, 2.24) is 9.97 Å². The van der Waals surface area contributed by atoms with Gasteiger partial charge in [0.15, 0.2) is 5.65 Å². The smallest absolute Gasteiger partial charge is 0.340 e. The van der Waals surface area contributed by atoms with Crippen LogP contribution in [-0.2, 0) is 0 Å². The first-order chi connectivity index (χ1) is 10.9. The number of halogens is 3. The summed E-state index contributed by atoms with van der Waals surface area (Å²) < 4.78 is 0.680. The average molecular weight is 413 g/mol. The van der Waals surface area contributed by atoms with Gasteiger partial charge in [-0.2, -0.15) is 0 Å². The summed E-state index contributed by atoms with van der Waals surface area (Å²) in [6, 6.07) is 6.54. The van der Waals surface area contributed by atoms with Crippen molar-refractivity contribution in [2.24, 2.45) is 0 Å². The predicted octanol–water partition coefficient (Wildman–Crippen LogP) is 4.65. The molecule has 3 N–H and O–H groups in total. The maximum atomic E-state index is 11.7. The zero-order valence-electron chi connectivity index (χ0n) is 11.3. The maximum Gasteiger partial charge on any atom is 0.340 e. The number of hydrogen-bond donors (Lipinski definition) is 2. The number of nitrogens with zero attached hydrogens (tertiary/aromatic N) is 2. The Balaban J connectivity index is 2.51. The standard InChI is InChI=1S/C15H8BrCl2N3O2/c16-6-3-9-11(8-2-1-7(17)4-10(8)18)12(15(22)23)13(19)21-14(9)20-5-6/h1-5H,(H,22,23)(H2,19,20,21). The molecule has 3 rings (SSSR count). The number of fused-ring (bicyclic) bond motifs is 1. The minimum atomic E-state index is -1.20. The van der Waals surface area contributed by atoms with E-state index in [0.29, 0.717) is 36.7 Å². The summed E-state index contributed by atoms with van der Waals surface area (Å²) >= 11 is 15.5. The summed E-state index contributed by atoms with van der Waals surface area (Å²) in [6.45, 7) is 0. The first-order valence-electron chi connectivity index (χ1n) is 6.32. The van der Waals surface area contributed by atoms with Gasteiger partial charge in [-0.3, -0.25) is 0 Å². The minimum absolute atomic E-state index is 0.123. The molecule has 116 valence electrons. The molecule has 0 radical (unpaired) electrons. The van der Waals surface area contributed by atoms with E-state index < -0.39 is 5.97 Å². The molecule has 8 heteroatoms. The van der Waals surface area contributed by atoms with Gasteiger partial charge in [0.05, 0.1) is 0 Å². The fourth-order valence-corrected chi connectivity index (χ4v) is 3.16. The van der Waals surface area contributed by atoms with Crippen molar-refractivity contribution < 1.29 is 9.90 Å². The van der Waals surface area contributed by atoms with Crippen molar-refractivity contribution in [3.63, 3.8) is 0 Å². The largest absolute Gasteiger partial charge is 0.478 e. The van der Waals surface area contributed by atoms with Gasteiger partial charge < -0.3 is 10.8 Å². The third-order valence-corrected chi connectivity index (χ3v) is 4.23. The fourth-order valence-electron chi connectivity index (χ4n) is 2.33. The van der Waals surface area contributed by atoms with Crippen LogP contribution in [0.1, 0.15) is 10.4 Å². The van der Waals surface area contributed by atoms with E-state index in [1.54, 1.807) is 24.4 Å². The van der Waals surface area contributed by atoms with Crippen LogP contribution in [0.15, 0.2) is 34.9 Å². The van der Waals surface area contributed by atoms with Gasteiger partial charge in [-0.05, 0) is 34.1 Å². The van der Waals surface area contributed by atoms with E-state index in [1.165, 1.54) is 6.07 Å². The summed E-state index contributed by atoms with van der Waals surface area (Å²) in [5, 5.41) is 10.8. The predicted molar refractivity (Wildman–Crippen MR) is 94.1 cm³/mol. The van der Waals surface area contributed by atoms with Gasteiger partial charge in [-0.1, -0.05) is 29.3 Å². The van der Waals surface area contributed by atoms with Crippen LogP contribution < -0.4 is 5.73 Å². The van der Waals surface area contributed by atoms with Crippen molar-refractivity contribution in [2.75, 3.05) is 5.73 Å². The average Bonchev–Trinajstić information content (AvgIpc) is 2.46. The molecule has 23 heavy (non-hydrogen) atoms. The topological polar surface area (TPSA) is 89.1 Å². The van der Waals surface area contributed by atoms with E-state index in [9.17, 15) is 9.90 Å². The number of hydrogen-bond acceptors (Lipinski definition) is 4. The van der Waals surface area contributed by atoms with Crippen LogP contribution in [0, 0.1) is 0 Å². The quantitative estimate of drug-likeness (QED) is 0.639. The third-order valence-electron chi connectivity index (χ3n) is 3.25. The molecule has 0 amide bonds. The van der Waals surface area contributed by atoms with E-state index in [-0.39, 0.29) is 11.4 Å². The minimum Gasteiger partial charge on any atom is -0.478 e. The van der Waals surface area contributed by atoms with Gasteiger partial charge in [-0.25, -0.2) is 14.8 Å². The van der Waals surface area contributed by atoms with Gasteiger partial charge in [0.1, 0.15) is 11.4 Å². The van der Waals surface area contributed by atoms with Gasteiger partial charge in [0.2, 0.25) is 0 Å². The van der Waals surface area contributed by atoms with Crippen molar-refractivity contribution in [3.8, 4) is 11.1 Å². The van der Waals surface area contributed by atoms with E-state index in [1.807, 2.05) is 0 Å². The Kier molecular flexibility index (Phi) is 4.14. The molecule has 0 saturated heterocycles. The monoisotopic (exact) mass is 411 g/mol. The first kappa shape index (κ1) is 16.0. The van der Waals surface area contributed by atoms with Gasteiger partial charge in [0.25, 0.3) is 0 Å². The molecule has 5 nitrogen and oxygen atoms in total. The van der Waals surface area contributed by atoms with Crippen molar-refractivity contribution in [2.45, 2.75) is 0 Å². The number of benzene rings is 1. The van der Waals surface area contributed by atoms with E-state index >= 15 is 0 Å². The fraction of sp³-hybridized carbons (Fsp3) is 0. The van der Waals surface area contributed by atoms with Gasteiger partial charge in [0, 0.05) is 37.2 Å². The number of rotatable bonds is 2. The SMILES string of the molecule is Nc1nc2ncc(Br)cc2c(-c2ccc(Cl)cc2Cl)c1C(=O)O. The highest BCUT2D eigenvalue weighted by Crippen LogP contribution is 2.39. The lowest BCUT2D eigenvalue weighted by Gasteiger charge is -2.14. The number of nitrogen functional groups attached to an aromatic ring is 1. The van der Waals surface area contributed by atoms with Crippen LogP contribution in [-0.4, -0.2) is 21.0 Å². The molecule has 2 aromatic heterocycles. The van der Waals surface area contributed by atoms with Gasteiger partial charge >= 0.3 is 5.97 Å². The maximum absolute atomic E-state index is 11.7. The van der Waals surface area contributed by atoms with Crippen molar-refractivity contribution in [1.29, 1.82) is 0 Å². The highest BCUT2D eigenvalue weighted by molar-refractivity contribution is 9.10. The lowest BCUT2D eigenvalue weighted by atomic mass is 9.97. The molecule has 0 spiro atoms. The Morgan fingerprint density at radius 3 is 2.65 bits per heavy atom. The number of aromatic nitrogens is 2. The molecule has 0 aliphatic heterocycles. The van der Waals surface area contributed by atoms with E-state index in [0.717, 1.165) is 0 Å². The highest BCUT2D eigenvalue weighted by atomic mass is 79.9. The summed E-state index contributed by atoms with van der Waals surface area (Å²) in [6.07, 6.45) is 1.56. The van der Waals surface area contributed by atoms with Crippen molar-refractivity contribution in [3.05, 3.63) is 50.5 Å². The Morgan fingerprint density at radius 1 is 1.26 bits per heavy atom. The Labute approximate surface area is 149 Å². The zero-order valence-corrected chi connectivity index (χ0v) is 14.4. The Morgan fingerprint density at radius 2 is 2.00 bits per heavy atom. The van der Waals surface area contributed by atoms with Crippen LogP contribution in [0.5, 0.6) is 0 Å². The second kappa shape index (κ2) is 5.96. The number of anilines is 1. The normalized spacial score (nSPS) is 10.9. The number of carboxylic acid groups (broad SMARTS) is 1. The zero-order chi connectivity index (χ0) is 16.7. The van der Waals surface area contributed by atoms with Crippen LogP contribution >= 0.6 is 39.1 Å². The molecule has 0 aliphatic rings.